The number of carbonyl (C=O) groups excluding carboxylic acids is 1. The van der Waals surface area contributed by atoms with Gasteiger partial charge in [-0.25, -0.2) is 0 Å². The van der Waals surface area contributed by atoms with E-state index in [9.17, 15) is 4.79 Å². The number of aryl methyl sites for hydroxylation is 1. The highest BCUT2D eigenvalue weighted by atomic mass is 35.5. The van der Waals surface area contributed by atoms with Crippen molar-refractivity contribution < 1.29 is 18.3 Å². The average Bonchev–Trinajstić information content (AvgIpc) is 3.40. The molecule has 0 atom stereocenters. The van der Waals surface area contributed by atoms with E-state index >= 15 is 0 Å². The fourth-order valence-corrected chi connectivity index (χ4v) is 2.89. The summed E-state index contributed by atoms with van der Waals surface area (Å²) < 4.78 is 15.7. The third-order valence-electron chi connectivity index (χ3n) is 3.97. The molecular weight excluding hydrogens is 370 g/mol. The molecule has 0 spiro atoms. The fourth-order valence-electron chi connectivity index (χ4n) is 2.67. The van der Waals surface area contributed by atoms with Gasteiger partial charge >= 0.3 is 0 Å². The minimum Gasteiger partial charge on any atom is -0.461 e. The highest BCUT2D eigenvalue weighted by molar-refractivity contribution is 6.33. The van der Waals surface area contributed by atoms with E-state index in [4.69, 9.17) is 25.1 Å². The second-order valence-corrected chi connectivity index (χ2v) is 6.19. The number of hydrogen-bond donors (Lipinski definition) is 1. The van der Waals surface area contributed by atoms with Crippen LogP contribution in [0.1, 0.15) is 21.8 Å². The Hall–Kier alpha value is -3.32. The van der Waals surface area contributed by atoms with Gasteiger partial charge in [0.15, 0.2) is 5.76 Å². The van der Waals surface area contributed by atoms with Crippen LogP contribution in [0.4, 0.5) is 0 Å². The number of hydrogen-bond acceptors (Lipinski definition) is 6. The molecule has 1 N–H and O–H groups in total. The third kappa shape index (κ3) is 3.37. The summed E-state index contributed by atoms with van der Waals surface area (Å²) in [7, 11) is 0. The largest absolute Gasteiger partial charge is 0.461 e. The fraction of sp³-hybridized carbons (Fsp3) is 0.105. The van der Waals surface area contributed by atoms with Crippen molar-refractivity contribution in [3.05, 3.63) is 70.8 Å². The third-order valence-corrected chi connectivity index (χ3v) is 4.30. The van der Waals surface area contributed by atoms with Gasteiger partial charge in [-0.2, -0.15) is 0 Å². The van der Waals surface area contributed by atoms with Crippen molar-refractivity contribution in [3.8, 4) is 22.8 Å². The van der Waals surface area contributed by atoms with E-state index in [-0.39, 0.29) is 12.5 Å². The zero-order valence-electron chi connectivity index (χ0n) is 14.2. The molecule has 0 aliphatic rings. The van der Waals surface area contributed by atoms with E-state index in [0.29, 0.717) is 44.8 Å². The lowest BCUT2D eigenvalue weighted by Gasteiger charge is -2.05. The molecule has 136 valence electrons. The number of carbonyl (C=O) groups is 1. The van der Waals surface area contributed by atoms with Crippen LogP contribution in [0.5, 0.6) is 0 Å². The molecule has 8 heteroatoms. The topological polar surface area (TPSA) is 94.3 Å². The van der Waals surface area contributed by atoms with Crippen molar-refractivity contribution in [3.63, 3.8) is 0 Å². The zero-order chi connectivity index (χ0) is 18.8. The molecule has 0 saturated carbocycles. The predicted octanol–water partition coefficient (Wildman–Crippen LogP) is 4.48. The van der Waals surface area contributed by atoms with Crippen molar-refractivity contribution in [2.75, 3.05) is 0 Å². The van der Waals surface area contributed by atoms with Crippen LogP contribution in [0.2, 0.25) is 5.02 Å². The molecule has 0 aliphatic heterocycles. The van der Waals surface area contributed by atoms with E-state index in [1.165, 1.54) is 0 Å². The van der Waals surface area contributed by atoms with Gasteiger partial charge in [0.25, 0.3) is 5.91 Å². The molecule has 0 bridgehead atoms. The highest BCUT2D eigenvalue weighted by Gasteiger charge is 2.23. The summed E-state index contributed by atoms with van der Waals surface area (Å²) in [6.07, 6.45) is 1.55. The molecule has 0 unspecified atom stereocenters. The van der Waals surface area contributed by atoms with Crippen molar-refractivity contribution >= 4 is 17.5 Å². The van der Waals surface area contributed by atoms with E-state index in [0.717, 1.165) is 0 Å². The minimum absolute atomic E-state index is 0.176. The smallest absolute Gasteiger partial charge is 0.257 e. The summed E-state index contributed by atoms with van der Waals surface area (Å²) in [5.41, 5.74) is 1.91. The van der Waals surface area contributed by atoms with Gasteiger partial charge in [0.05, 0.1) is 17.8 Å². The minimum atomic E-state index is -0.341. The van der Waals surface area contributed by atoms with Crippen LogP contribution < -0.4 is 5.32 Å². The molecule has 3 heterocycles. The summed E-state index contributed by atoms with van der Waals surface area (Å²) in [4.78, 5) is 12.7. The van der Waals surface area contributed by atoms with Gasteiger partial charge in [0.2, 0.25) is 5.76 Å². The molecule has 1 amide bonds. The van der Waals surface area contributed by atoms with Gasteiger partial charge in [0, 0.05) is 11.6 Å². The molecular formula is C19H14ClN3O4. The van der Waals surface area contributed by atoms with Gasteiger partial charge in [-0.3, -0.25) is 4.79 Å². The van der Waals surface area contributed by atoms with Crippen molar-refractivity contribution in [2.24, 2.45) is 0 Å². The number of benzene rings is 1. The van der Waals surface area contributed by atoms with Crippen LogP contribution in [0.15, 0.2) is 62.2 Å². The van der Waals surface area contributed by atoms with Crippen LogP contribution in [0.3, 0.4) is 0 Å². The van der Waals surface area contributed by atoms with Crippen LogP contribution >= 0.6 is 11.6 Å². The van der Waals surface area contributed by atoms with Crippen LogP contribution in [-0.4, -0.2) is 16.2 Å². The Morgan fingerprint density at radius 2 is 1.96 bits per heavy atom. The number of aromatic nitrogens is 2. The Kier molecular flexibility index (Phi) is 4.52. The molecule has 4 aromatic rings. The van der Waals surface area contributed by atoms with Crippen molar-refractivity contribution in [1.29, 1.82) is 0 Å². The molecule has 27 heavy (non-hydrogen) atoms. The summed E-state index contributed by atoms with van der Waals surface area (Å²) >= 11 is 6.22. The second kappa shape index (κ2) is 7.13. The number of rotatable bonds is 5. The Morgan fingerprint density at radius 1 is 1.11 bits per heavy atom. The highest BCUT2D eigenvalue weighted by Crippen LogP contribution is 2.31. The van der Waals surface area contributed by atoms with E-state index < -0.39 is 0 Å². The molecule has 0 fully saturated rings. The Labute approximate surface area is 158 Å². The summed E-state index contributed by atoms with van der Waals surface area (Å²) in [5.74, 6) is 1.11. The van der Waals surface area contributed by atoms with Crippen molar-refractivity contribution in [1.82, 2.24) is 15.6 Å². The standard InChI is InChI=1S/C19H14ClN3O4/c1-11-17(18(23-26-11)13-5-2-3-6-14(13)20)19(24)21-10-12-9-16(27-22-12)15-7-4-8-25-15/h2-9H,10H2,1H3,(H,21,24). The Bertz CT molecular complexity index is 1080. The monoisotopic (exact) mass is 383 g/mol. The van der Waals surface area contributed by atoms with E-state index in [1.54, 1.807) is 49.6 Å². The Morgan fingerprint density at radius 3 is 2.74 bits per heavy atom. The van der Waals surface area contributed by atoms with Crippen molar-refractivity contribution in [2.45, 2.75) is 13.5 Å². The lowest BCUT2D eigenvalue weighted by molar-refractivity contribution is 0.0949. The van der Waals surface area contributed by atoms with Gasteiger partial charge in [-0.1, -0.05) is 40.1 Å². The maximum atomic E-state index is 12.7. The molecule has 0 aliphatic carbocycles. The van der Waals surface area contributed by atoms with E-state index in [1.807, 2.05) is 6.07 Å². The van der Waals surface area contributed by atoms with Gasteiger partial charge < -0.3 is 18.8 Å². The molecule has 1 aromatic carbocycles. The summed E-state index contributed by atoms with van der Waals surface area (Å²) in [6, 6.07) is 12.4. The maximum absolute atomic E-state index is 12.7. The summed E-state index contributed by atoms with van der Waals surface area (Å²) in [6.45, 7) is 1.85. The number of furan rings is 1. The molecule has 4 rings (SSSR count). The van der Waals surface area contributed by atoms with Crippen LogP contribution in [0.25, 0.3) is 22.8 Å². The SMILES string of the molecule is Cc1onc(-c2ccccc2Cl)c1C(=O)NCc1cc(-c2ccco2)on1. The molecule has 7 nitrogen and oxygen atoms in total. The van der Waals surface area contributed by atoms with Crippen LogP contribution in [-0.2, 0) is 6.54 Å². The van der Waals surface area contributed by atoms with Gasteiger partial charge in [-0.15, -0.1) is 0 Å². The normalized spacial score (nSPS) is 10.9. The average molecular weight is 384 g/mol. The molecule has 3 aromatic heterocycles. The number of nitrogens with zero attached hydrogens (tertiary/aromatic N) is 2. The first-order valence-electron chi connectivity index (χ1n) is 8.12. The maximum Gasteiger partial charge on any atom is 0.257 e. The first-order valence-corrected chi connectivity index (χ1v) is 8.50. The lowest BCUT2D eigenvalue weighted by Crippen LogP contribution is -2.23. The number of nitrogens with one attached hydrogen (secondary N) is 1. The predicted molar refractivity (Wildman–Crippen MR) is 97.1 cm³/mol. The molecule has 0 radical (unpaired) electrons. The molecule has 0 saturated heterocycles. The Balaban J connectivity index is 1.53. The number of halogens is 1. The quantitative estimate of drug-likeness (QED) is 0.546. The van der Waals surface area contributed by atoms with Crippen LogP contribution in [0, 0.1) is 6.92 Å². The van der Waals surface area contributed by atoms with E-state index in [2.05, 4.69) is 15.6 Å². The summed E-state index contributed by atoms with van der Waals surface area (Å²) in [5, 5.41) is 11.2. The first kappa shape index (κ1) is 17.1. The van der Waals surface area contributed by atoms with Gasteiger partial charge in [0.1, 0.15) is 22.7 Å². The second-order valence-electron chi connectivity index (χ2n) is 5.78. The number of amides is 1. The van der Waals surface area contributed by atoms with Gasteiger partial charge in [-0.05, 0) is 25.1 Å². The first-order chi connectivity index (χ1) is 13.1. The zero-order valence-corrected chi connectivity index (χ0v) is 15.0. The lowest BCUT2D eigenvalue weighted by atomic mass is 10.1.